The molecule has 2 aromatic heterocycles. The number of carboxylic acid groups (broad SMARTS) is 1. The maximum absolute atomic E-state index is 14.5. The Morgan fingerprint density at radius 1 is 0.791 bits per heavy atom. The normalized spacial score (nSPS) is 11.6. The molecule has 0 aliphatic heterocycles. The van der Waals surface area contributed by atoms with Gasteiger partial charge in [0.25, 0.3) is 0 Å². The van der Waals surface area contributed by atoms with Gasteiger partial charge >= 0.3 is 136 Å². The van der Waals surface area contributed by atoms with Gasteiger partial charge in [0.15, 0.2) is 22.2 Å². The van der Waals surface area contributed by atoms with Crippen LogP contribution < -0.4 is 155 Å². The molecule has 0 aliphatic carbocycles. The minimum Gasteiger partial charge on any atom is -0.744 e. The van der Waals surface area contributed by atoms with Crippen LogP contribution in [0, 0.1) is 6.08 Å². The van der Waals surface area contributed by atoms with Crippen molar-refractivity contribution >= 4 is 106 Å². The standard InChI is InChI=1S/C29H24FN11O17S5.4Na/c30-27-34-28(36-29(35-27)41-7-1-2-14(13-41)26(42)43)33-15-3-6-20(59-57-55-44)18(10-15)38-40-25-23(31)19(12-22(24(25)32)63(51,52)53)39-37-17-5-4-16(11-21(17)62(48,49)50)61(46,47)9-8-54-60-58-56-45;;;;/h1-7,10-13H,8-9,31-32H2,(H5-,33,34,35,36,42,43,44,45,48,49,50,51,52,53);;;;/q;4*+1/p-4. The van der Waals surface area contributed by atoms with Crippen LogP contribution in [0.3, 0.4) is 0 Å². The molecule has 0 amide bonds. The van der Waals surface area contributed by atoms with E-state index in [0.29, 0.717) is 12.1 Å². The molecule has 0 radical (unpaired) electrons. The van der Waals surface area contributed by atoms with Gasteiger partial charge in [-0.3, -0.25) is 14.3 Å². The third-order valence-electron chi connectivity index (χ3n) is 7.44. The third-order valence-corrected chi connectivity index (χ3v) is 11.9. The minimum atomic E-state index is -5.51. The van der Waals surface area contributed by atoms with Gasteiger partial charge in [0.05, 0.1) is 73.7 Å². The quantitative estimate of drug-likeness (QED) is 0.00750. The number of carbonyl (C=O) groups excluding carboxylic acids is 1. The number of carbonyl (C=O) groups is 1. The SMILES string of the molecule is Nc1c(N=Nc2ccc(S(=O)(=O)CCOSOO[O-])cc2S(=O)(=O)[O-])cc(S(=O)(=O)[O-])c(N)c1N=Nc1cc(Nc2nc(F)nc(-[n+]3cccc(C(=O)[O-])c3)n2)ccc1SOO[O-].[Na+].[Na+].[Na+].[Na+]. The Balaban J connectivity index is 0.00000561. The molecule has 0 saturated carbocycles. The van der Waals surface area contributed by atoms with Gasteiger partial charge in [-0.05, 0) is 64.6 Å². The van der Waals surface area contributed by atoms with Crippen molar-refractivity contribution in [1.82, 2.24) is 15.0 Å². The number of rotatable bonds is 20. The van der Waals surface area contributed by atoms with Crippen molar-refractivity contribution in [3.8, 4) is 5.95 Å². The fourth-order valence-electron chi connectivity index (χ4n) is 4.72. The summed E-state index contributed by atoms with van der Waals surface area (Å²) in [4.78, 5) is 19.3. The monoisotopic (exact) mass is 1060 g/mol. The molecule has 0 aliphatic rings. The van der Waals surface area contributed by atoms with Crippen LogP contribution in [0.25, 0.3) is 5.95 Å². The van der Waals surface area contributed by atoms with Gasteiger partial charge in [-0.1, -0.05) is 0 Å². The van der Waals surface area contributed by atoms with E-state index in [-0.39, 0.29) is 170 Å². The summed E-state index contributed by atoms with van der Waals surface area (Å²) in [7, 11) is -15.3. The average molecular weight is 1070 g/mol. The molecular weight excluding hydrogens is 1050 g/mol. The molecule has 5 aromatic rings. The maximum Gasteiger partial charge on any atom is 1.00 e. The number of halogens is 1. The summed E-state index contributed by atoms with van der Waals surface area (Å²) in [6.07, 6.45) is 1.05. The fraction of sp³-hybridized carbons (Fsp3) is 0.0690. The Bertz CT molecular complexity index is 2970. The van der Waals surface area contributed by atoms with Crippen LogP contribution in [-0.4, -0.2) is 67.6 Å². The number of hydrogen-bond donors (Lipinski definition) is 3. The smallest absolute Gasteiger partial charge is 0.744 e. The molecule has 334 valence electrons. The van der Waals surface area contributed by atoms with Gasteiger partial charge in [0.1, 0.15) is 43.0 Å². The summed E-state index contributed by atoms with van der Waals surface area (Å²) in [5, 5.41) is 55.9. The van der Waals surface area contributed by atoms with E-state index < -0.39 is 104 Å². The number of nitrogens with one attached hydrogen (secondary N) is 1. The number of azo groups is 2. The Morgan fingerprint density at radius 3 is 2.09 bits per heavy atom. The fourth-order valence-corrected chi connectivity index (χ4v) is 7.90. The third kappa shape index (κ3) is 17.7. The summed E-state index contributed by atoms with van der Waals surface area (Å²) in [6.45, 7) is -0.599. The van der Waals surface area contributed by atoms with Crippen LogP contribution in [0.2, 0.25) is 0 Å². The Labute approximate surface area is 473 Å². The van der Waals surface area contributed by atoms with Crippen molar-refractivity contribution in [2.45, 2.75) is 19.6 Å². The first-order chi connectivity index (χ1) is 29.7. The van der Waals surface area contributed by atoms with E-state index in [2.05, 4.69) is 63.7 Å². The molecule has 67 heavy (non-hydrogen) atoms. The molecule has 5 N–H and O–H groups in total. The summed E-state index contributed by atoms with van der Waals surface area (Å²) >= 11 is 0.286. The number of hydrogen-bond acceptors (Lipinski definition) is 29. The van der Waals surface area contributed by atoms with E-state index in [0.717, 1.165) is 29.0 Å². The number of pyridine rings is 1. The van der Waals surface area contributed by atoms with Crippen LogP contribution in [-0.2, 0) is 53.0 Å². The topological polar surface area (TPSA) is 437 Å². The van der Waals surface area contributed by atoms with E-state index in [1.807, 2.05) is 0 Å². The van der Waals surface area contributed by atoms with Crippen molar-refractivity contribution in [2.24, 2.45) is 20.5 Å². The summed E-state index contributed by atoms with van der Waals surface area (Å²) in [5.41, 5.74) is 7.80. The Kier molecular flexibility index (Phi) is 26.5. The van der Waals surface area contributed by atoms with Gasteiger partial charge < -0.3 is 46.3 Å². The number of benzene rings is 3. The van der Waals surface area contributed by atoms with Crippen LogP contribution in [0.5, 0.6) is 0 Å². The summed E-state index contributed by atoms with van der Waals surface area (Å²) in [6, 6.07) is 8.77. The van der Waals surface area contributed by atoms with E-state index in [1.54, 1.807) is 0 Å². The Hall–Kier alpha value is -1.99. The number of aromatic nitrogens is 4. The largest absolute Gasteiger partial charge is 1.00 e. The average Bonchev–Trinajstić information content (AvgIpc) is 3.22. The zero-order chi connectivity index (χ0) is 46.1. The second-order valence-corrected chi connectivity index (χ2v) is 17.5. The van der Waals surface area contributed by atoms with E-state index >= 15 is 0 Å². The molecule has 0 atom stereocenters. The van der Waals surface area contributed by atoms with E-state index in [9.17, 15) is 59.2 Å². The van der Waals surface area contributed by atoms with Crippen molar-refractivity contribution in [3.05, 3.63) is 78.6 Å². The second kappa shape index (κ2) is 28.2. The molecule has 38 heteroatoms. The molecule has 0 bridgehead atoms. The predicted octanol–water partition coefficient (Wildman–Crippen LogP) is -12.0. The van der Waals surface area contributed by atoms with Gasteiger partial charge in [-0.15, -0.1) is 34.2 Å². The Morgan fingerprint density at radius 2 is 1.45 bits per heavy atom. The molecule has 0 unspecified atom stereocenters. The molecule has 0 fully saturated rings. The van der Waals surface area contributed by atoms with Crippen LogP contribution in [0.1, 0.15) is 10.4 Å². The summed E-state index contributed by atoms with van der Waals surface area (Å²) in [5.74, 6) is -3.15. The molecular formula is C29H20FN11Na4O17S5. The van der Waals surface area contributed by atoms with Crippen LogP contribution >= 0.6 is 24.4 Å². The number of sulfone groups is 1. The number of aromatic carboxylic acids is 1. The molecule has 0 spiro atoms. The van der Waals surface area contributed by atoms with Crippen molar-refractivity contribution in [3.63, 3.8) is 0 Å². The number of nitrogens with zero attached hydrogens (tertiary/aromatic N) is 8. The first kappa shape index (κ1) is 63.0. The van der Waals surface area contributed by atoms with Crippen LogP contribution in [0.15, 0.2) is 107 Å². The zero-order valence-electron chi connectivity index (χ0n) is 34.4. The van der Waals surface area contributed by atoms with Gasteiger partial charge in [0.2, 0.25) is 0 Å². The molecule has 2 heterocycles. The first-order valence-electron chi connectivity index (χ1n) is 16.0. The van der Waals surface area contributed by atoms with E-state index in [4.69, 9.17) is 11.5 Å². The first-order valence-corrected chi connectivity index (χ1v) is 21.9. The zero-order valence-corrected chi connectivity index (χ0v) is 46.4. The maximum atomic E-state index is 14.5. The number of anilines is 4. The van der Waals surface area contributed by atoms with Gasteiger partial charge in [-0.25, -0.2) is 29.8 Å². The molecule has 3 aromatic carbocycles. The number of carboxylic acids is 1. The van der Waals surface area contributed by atoms with E-state index in [1.165, 1.54) is 30.5 Å². The molecule has 0 saturated heterocycles. The molecule has 28 nitrogen and oxygen atoms in total. The summed E-state index contributed by atoms with van der Waals surface area (Å²) < 4.78 is 127. The predicted molar refractivity (Wildman–Crippen MR) is 197 cm³/mol. The molecule has 5 rings (SSSR count). The minimum absolute atomic E-state index is 0. The number of nitrogens with two attached hydrogens (primary N) is 2. The van der Waals surface area contributed by atoms with Crippen molar-refractivity contribution < 1.29 is 205 Å². The second-order valence-electron chi connectivity index (χ2n) is 11.4. The van der Waals surface area contributed by atoms with Crippen molar-refractivity contribution in [2.75, 3.05) is 29.1 Å². The van der Waals surface area contributed by atoms with Gasteiger partial charge in [-0.2, -0.15) is 4.33 Å². The van der Waals surface area contributed by atoms with Gasteiger partial charge in [0, 0.05) is 11.3 Å². The van der Waals surface area contributed by atoms with Crippen molar-refractivity contribution in [1.29, 1.82) is 0 Å². The number of nitrogen functional groups attached to an aromatic ring is 2. The van der Waals surface area contributed by atoms with Crippen LogP contribution in [0.4, 0.5) is 50.2 Å².